The van der Waals surface area contributed by atoms with E-state index in [2.05, 4.69) is 0 Å². The fraction of sp³-hybridized carbons (Fsp3) is 0.522. The lowest BCUT2D eigenvalue weighted by atomic mass is 9.78. The summed E-state index contributed by atoms with van der Waals surface area (Å²) in [7, 11) is 0. The topological polar surface area (TPSA) is 23.8 Å². The number of hydrogen-bond donors (Lipinski definition) is 0. The Hall–Kier alpha value is -1.95. The number of allylic oxidation sites excluding steroid dienone is 4. The summed E-state index contributed by atoms with van der Waals surface area (Å²) in [5.74, 6) is 0.760. The molecular weight excluding hydrogens is 328 g/mol. The smallest absolute Gasteiger partial charge is 0.199 e. The number of unbranched alkanes of at least 4 members (excludes halogenated alkanes) is 1. The summed E-state index contributed by atoms with van der Waals surface area (Å²) in [6, 6.07) is 8.33. The third-order valence-electron chi connectivity index (χ3n) is 5.43. The van der Waals surface area contributed by atoms with Gasteiger partial charge >= 0.3 is 0 Å². The van der Waals surface area contributed by atoms with Gasteiger partial charge in [0.15, 0.2) is 5.83 Å². The monoisotopic (exact) mass is 357 g/mol. The number of aryl methyl sites for hydroxylation is 1. The van der Waals surface area contributed by atoms with Crippen molar-refractivity contribution < 1.29 is 8.78 Å². The van der Waals surface area contributed by atoms with Crippen LogP contribution in [0.2, 0.25) is 0 Å². The number of halogens is 2. The van der Waals surface area contributed by atoms with Gasteiger partial charge in [0.05, 0.1) is 0 Å². The quantitative estimate of drug-likeness (QED) is 0.264. The molecule has 0 bridgehead atoms. The van der Waals surface area contributed by atoms with Gasteiger partial charge in [-0.1, -0.05) is 62.8 Å². The Bertz CT molecular complexity index is 617. The summed E-state index contributed by atoms with van der Waals surface area (Å²) in [5, 5.41) is 8.32. The Balaban J connectivity index is 1.53. The van der Waals surface area contributed by atoms with Crippen molar-refractivity contribution in [2.45, 2.75) is 64.2 Å². The maximum Gasteiger partial charge on any atom is 0.199 e. The molecule has 0 spiro atoms. The van der Waals surface area contributed by atoms with E-state index in [1.165, 1.54) is 62.7 Å². The summed E-state index contributed by atoms with van der Waals surface area (Å²) in [4.78, 5) is 0. The molecule has 0 amide bonds. The summed E-state index contributed by atoms with van der Waals surface area (Å²) in [6.45, 7) is 0. The van der Waals surface area contributed by atoms with Crippen LogP contribution in [-0.4, -0.2) is 0 Å². The lowest BCUT2D eigenvalue weighted by Crippen LogP contribution is -2.14. The van der Waals surface area contributed by atoms with Gasteiger partial charge in [0.2, 0.25) is 0 Å². The molecule has 0 N–H and O–H groups in total. The van der Waals surface area contributed by atoms with E-state index in [-0.39, 0.29) is 5.82 Å². The number of hydrogen-bond acceptors (Lipinski definition) is 1. The largest absolute Gasteiger partial charge is 0.207 e. The van der Waals surface area contributed by atoms with Crippen molar-refractivity contribution in [1.82, 2.24) is 0 Å². The van der Waals surface area contributed by atoms with Crippen LogP contribution in [0.1, 0.15) is 63.4 Å². The van der Waals surface area contributed by atoms with Crippen molar-refractivity contribution in [2.75, 3.05) is 0 Å². The average Bonchev–Trinajstić information content (AvgIpc) is 2.67. The first-order valence-corrected chi connectivity index (χ1v) is 9.84. The van der Waals surface area contributed by atoms with Gasteiger partial charge in [0.1, 0.15) is 11.9 Å². The highest BCUT2D eigenvalue weighted by atomic mass is 19.1. The molecule has 0 aromatic heterocycles. The highest BCUT2D eigenvalue weighted by Gasteiger charge is 2.20. The molecular formula is C23H29F2N. The van der Waals surface area contributed by atoms with Crippen LogP contribution < -0.4 is 0 Å². The molecule has 0 unspecified atom stereocenters. The highest BCUT2D eigenvalue weighted by Crippen LogP contribution is 2.34. The van der Waals surface area contributed by atoms with E-state index in [4.69, 9.17) is 5.26 Å². The number of benzene rings is 1. The fourth-order valence-electron chi connectivity index (χ4n) is 3.84. The Morgan fingerprint density at radius 3 is 2.35 bits per heavy atom. The van der Waals surface area contributed by atoms with Crippen LogP contribution >= 0.6 is 0 Å². The molecule has 1 aliphatic carbocycles. The second-order valence-corrected chi connectivity index (χ2v) is 7.39. The molecule has 26 heavy (non-hydrogen) atoms. The van der Waals surface area contributed by atoms with Gasteiger partial charge < -0.3 is 0 Å². The molecule has 0 aliphatic heterocycles. The van der Waals surface area contributed by atoms with Crippen molar-refractivity contribution in [3.05, 3.63) is 59.7 Å². The molecule has 1 aromatic rings. The van der Waals surface area contributed by atoms with Crippen molar-refractivity contribution in [3.63, 3.8) is 0 Å². The zero-order valence-electron chi connectivity index (χ0n) is 15.5. The molecule has 2 rings (SSSR count). The first-order chi connectivity index (χ1) is 12.7. The zero-order valence-corrected chi connectivity index (χ0v) is 15.5. The van der Waals surface area contributed by atoms with E-state index in [1.807, 2.05) is 18.2 Å². The molecule has 0 atom stereocenters. The third-order valence-corrected chi connectivity index (χ3v) is 5.43. The Morgan fingerprint density at radius 2 is 1.69 bits per heavy atom. The van der Waals surface area contributed by atoms with Crippen LogP contribution in [0, 0.1) is 29.0 Å². The predicted molar refractivity (Wildman–Crippen MR) is 103 cm³/mol. The van der Waals surface area contributed by atoms with E-state index in [9.17, 15) is 8.78 Å². The van der Waals surface area contributed by atoms with Gasteiger partial charge in [0.25, 0.3) is 0 Å². The summed E-state index contributed by atoms with van der Waals surface area (Å²) in [5.41, 5.74) is 1.23. The second kappa shape index (κ2) is 11.6. The minimum Gasteiger partial charge on any atom is -0.207 e. The van der Waals surface area contributed by atoms with E-state index in [0.717, 1.165) is 31.1 Å². The maximum absolute atomic E-state index is 12.9. The normalized spacial score (nSPS) is 21.0. The second-order valence-electron chi connectivity index (χ2n) is 7.39. The molecule has 1 aliphatic rings. The van der Waals surface area contributed by atoms with Gasteiger partial charge in [-0.2, -0.15) is 9.65 Å². The van der Waals surface area contributed by atoms with Crippen molar-refractivity contribution in [2.24, 2.45) is 11.8 Å². The van der Waals surface area contributed by atoms with Crippen molar-refractivity contribution in [1.29, 1.82) is 5.26 Å². The zero-order chi connectivity index (χ0) is 18.6. The maximum atomic E-state index is 12.9. The van der Waals surface area contributed by atoms with Crippen LogP contribution in [-0.2, 0) is 6.42 Å². The molecule has 1 nitrogen and oxygen atoms in total. The molecule has 0 saturated heterocycles. The summed E-state index contributed by atoms with van der Waals surface area (Å²) < 4.78 is 25.5. The molecule has 1 aromatic carbocycles. The minimum absolute atomic E-state index is 0.160. The Kier molecular flexibility index (Phi) is 9.10. The molecule has 0 heterocycles. The van der Waals surface area contributed by atoms with E-state index < -0.39 is 5.83 Å². The van der Waals surface area contributed by atoms with Crippen LogP contribution in [0.5, 0.6) is 0 Å². The number of nitriles is 1. The Labute approximate surface area is 156 Å². The fourth-order valence-corrected chi connectivity index (χ4v) is 3.84. The van der Waals surface area contributed by atoms with Crippen molar-refractivity contribution >= 4 is 0 Å². The summed E-state index contributed by atoms with van der Waals surface area (Å²) >= 11 is 0. The van der Waals surface area contributed by atoms with Crippen LogP contribution in [0.25, 0.3) is 0 Å². The Morgan fingerprint density at radius 1 is 1.04 bits per heavy atom. The molecule has 1 fully saturated rings. The average molecular weight is 357 g/mol. The lowest BCUT2D eigenvalue weighted by molar-refractivity contribution is 0.250. The van der Waals surface area contributed by atoms with Crippen molar-refractivity contribution in [3.8, 4) is 6.07 Å². The predicted octanol–water partition coefficient (Wildman–Crippen LogP) is 7.06. The van der Waals surface area contributed by atoms with Gasteiger partial charge in [0, 0.05) is 0 Å². The molecule has 0 radical (unpaired) electrons. The first kappa shape index (κ1) is 20.4. The number of nitrogens with zero attached hydrogens (tertiary/aromatic N) is 1. The number of rotatable bonds is 9. The molecule has 3 heteroatoms. The summed E-state index contributed by atoms with van der Waals surface area (Å²) in [6.07, 6.45) is 17.0. The van der Waals surface area contributed by atoms with Gasteiger partial charge in [-0.15, -0.1) is 0 Å². The third kappa shape index (κ3) is 7.95. The van der Waals surface area contributed by atoms with E-state index in [0.29, 0.717) is 0 Å². The van der Waals surface area contributed by atoms with Crippen LogP contribution in [0.15, 0.2) is 48.3 Å². The van der Waals surface area contributed by atoms with Gasteiger partial charge in [-0.3, -0.25) is 0 Å². The van der Waals surface area contributed by atoms with Crippen LogP contribution in [0.4, 0.5) is 8.78 Å². The SMILES string of the molecule is N#C/C(F)=C/C=C/CC[C@H]1CC[C@H](CCCCc2ccc(F)cc2)CC1. The first-order valence-electron chi connectivity index (χ1n) is 9.84. The molecule has 140 valence electrons. The van der Waals surface area contributed by atoms with E-state index >= 15 is 0 Å². The minimum atomic E-state index is -0.735. The van der Waals surface area contributed by atoms with Crippen LogP contribution in [0.3, 0.4) is 0 Å². The van der Waals surface area contributed by atoms with E-state index in [1.54, 1.807) is 18.2 Å². The van der Waals surface area contributed by atoms with Gasteiger partial charge in [-0.05, 0) is 61.3 Å². The standard InChI is InChI=1S/C23H29F2N/c24-22-16-14-21(15-17-22)8-5-4-7-20-12-10-19(11-13-20)6-2-1-3-9-23(25)18-26/h1,3,9,14-17,19-20H,2,4-8,10-13H2/b3-1+,23-9-/t19-,20-. The van der Waals surface area contributed by atoms with Gasteiger partial charge in [-0.25, -0.2) is 4.39 Å². The lowest BCUT2D eigenvalue weighted by Gasteiger charge is -2.28. The molecule has 1 saturated carbocycles. The highest BCUT2D eigenvalue weighted by molar-refractivity contribution is 5.18.